The lowest BCUT2D eigenvalue weighted by Crippen LogP contribution is -2.15. The zero-order chi connectivity index (χ0) is 24.5. The normalized spacial score (nSPS) is 10.3. The van der Waals surface area contributed by atoms with Gasteiger partial charge in [0.1, 0.15) is 30.5 Å². The summed E-state index contributed by atoms with van der Waals surface area (Å²) in [5, 5.41) is 19.3. The maximum atomic E-state index is 13.1. The second-order valence-electron chi connectivity index (χ2n) is 7.61. The number of carbonyl (C=O) groups excluding carboxylic acids is 1. The van der Waals surface area contributed by atoms with E-state index in [2.05, 4.69) is 10.3 Å². The number of amides is 1. The van der Waals surface area contributed by atoms with Crippen molar-refractivity contribution in [1.82, 2.24) is 4.98 Å². The van der Waals surface area contributed by atoms with E-state index in [1.165, 1.54) is 12.3 Å². The largest absolute Gasteiger partial charge is 0.489 e. The van der Waals surface area contributed by atoms with Crippen LogP contribution in [-0.4, -0.2) is 22.3 Å². The smallest absolute Gasteiger partial charge is 0.257 e. The van der Waals surface area contributed by atoms with Crippen molar-refractivity contribution in [2.45, 2.75) is 13.2 Å². The second-order valence-corrected chi connectivity index (χ2v) is 7.61. The molecule has 0 atom stereocenters. The molecule has 0 unspecified atom stereocenters. The Labute approximate surface area is 202 Å². The Morgan fingerprint density at radius 3 is 1.97 bits per heavy atom. The van der Waals surface area contributed by atoms with Crippen LogP contribution in [-0.2, 0) is 13.2 Å². The number of anilines is 2. The number of benzene rings is 3. The predicted octanol–water partition coefficient (Wildman–Crippen LogP) is 5.29. The van der Waals surface area contributed by atoms with Crippen molar-refractivity contribution >= 4 is 23.6 Å². The van der Waals surface area contributed by atoms with Gasteiger partial charge >= 0.3 is 0 Å². The van der Waals surface area contributed by atoms with E-state index < -0.39 is 5.91 Å². The molecule has 0 aliphatic carbocycles. The van der Waals surface area contributed by atoms with Gasteiger partial charge in [0, 0.05) is 23.4 Å². The van der Waals surface area contributed by atoms with E-state index in [1.54, 1.807) is 18.2 Å². The number of ether oxygens (including phenoxy) is 2. The van der Waals surface area contributed by atoms with Crippen LogP contribution in [0.2, 0.25) is 0 Å². The van der Waals surface area contributed by atoms with Gasteiger partial charge in [-0.2, -0.15) is 0 Å². The summed E-state index contributed by atoms with van der Waals surface area (Å²) >= 11 is 0. The molecule has 0 saturated carbocycles. The minimum absolute atomic E-state index is 0.186. The van der Waals surface area contributed by atoms with Crippen molar-refractivity contribution in [2.24, 2.45) is 0 Å². The van der Waals surface area contributed by atoms with E-state index in [4.69, 9.17) is 20.1 Å². The SMILES string of the molecule is N=Cc1cc(NO)cnc1NC(=O)c1cc(OCc2ccccc2)cc(OCc2ccccc2)c1. The fourth-order valence-electron chi connectivity index (χ4n) is 3.29. The summed E-state index contributed by atoms with van der Waals surface area (Å²) in [6, 6.07) is 25.9. The van der Waals surface area contributed by atoms with Crippen molar-refractivity contribution in [1.29, 1.82) is 5.41 Å². The second kappa shape index (κ2) is 11.4. The number of aromatic nitrogens is 1. The van der Waals surface area contributed by atoms with Crippen molar-refractivity contribution in [2.75, 3.05) is 10.8 Å². The standard InChI is InChI=1S/C27H24N4O4/c28-15-22-11-23(31-33)16-29-26(22)30-27(32)21-12-24(34-17-19-7-3-1-4-8-19)14-25(13-21)35-18-20-9-5-2-6-10-20/h1-16,28,31,33H,17-18H2,(H,29,30,32). The third-order valence-electron chi connectivity index (χ3n) is 5.07. The van der Waals surface area contributed by atoms with Crippen LogP contribution in [0.4, 0.5) is 11.5 Å². The molecule has 8 heteroatoms. The Bertz CT molecular complexity index is 1240. The lowest BCUT2D eigenvalue weighted by molar-refractivity contribution is 0.102. The van der Waals surface area contributed by atoms with Gasteiger partial charge in [-0.3, -0.25) is 15.5 Å². The molecule has 1 amide bonds. The Kier molecular flexibility index (Phi) is 7.67. The van der Waals surface area contributed by atoms with Gasteiger partial charge in [-0.1, -0.05) is 60.7 Å². The van der Waals surface area contributed by atoms with E-state index in [9.17, 15) is 4.79 Å². The summed E-state index contributed by atoms with van der Waals surface area (Å²) in [7, 11) is 0. The van der Waals surface area contributed by atoms with Gasteiger partial charge < -0.3 is 20.2 Å². The van der Waals surface area contributed by atoms with Crippen molar-refractivity contribution in [3.05, 3.63) is 113 Å². The first-order chi connectivity index (χ1) is 17.1. The summed E-state index contributed by atoms with van der Waals surface area (Å²) in [5.41, 5.74) is 4.89. The molecule has 4 aromatic rings. The van der Waals surface area contributed by atoms with Crippen LogP contribution in [0.5, 0.6) is 11.5 Å². The van der Waals surface area contributed by atoms with Gasteiger partial charge in [0.25, 0.3) is 5.91 Å². The topological polar surface area (TPSA) is 117 Å². The number of hydrogen-bond acceptors (Lipinski definition) is 7. The first-order valence-corrected chi connectivity index (χ1v) is 10.8. The average Bonchev–Trinajstić information content (AvgIpc) is 2.92. The van der Waals surface area contributed by atoms with Crippen LogP contribution in [0.15, 0.2) is 91.1 Å². The van der Waals surface area contributed by atoms with Crippen LogP contribution >= 0.6 is 0 Å². The number of carbonyl (C=O) groups is 1. The molecule has 0 saturated heterocycles. The molecule has 0 aliphatic heterocycles. The van der Waals surface area contributed by atoms with Gasteiger partial charge in [-0.05, 0) is 29.3 Å². The quantitative estimate of drug-likeness (QED) is 0.186. The minimum Gasteiger partial charge on any atom is -0.489 e. The van der Waals surface area contributed by atoms with Gasteiger partial charge in [-0.25, -0.2) is 4.98 Å². The Morgan fingerprint density at radius 1 is 0.886 bits per heavy atom. The fraction of sp³-hybridized carbons (Fsp3) is 0.0741. The summed E-state index contributed by atoms with van der Waals surface area (Å²) in [6.07, 6.45) is 2.38. The average molecular weight is 469 g/mol. The molecule has 4 rings (SSSR count). The summed E-state index contributed by atoms with van der Waals surface area (Å²) in [5.74, 6) is 0.695. The van der Waals surface area contributed by atoms with Gasteiger partial charge in [0.2, 0.25) is 0 Å². The summed E-state index contributed by atoms with van der Waals surface area (Å²) in [4.78, 5) is 17.2. The zero-order valence-electron chi connectivity index (χ0n) is 18.8. The molecular formula is C27H24N4O4. The zero-order valence-corrected chi connectivity index (χ0v) is 18.8. The highest BCUT2D eigenvalue weighted by molar-refractivity contribution is 6.06. The summed E-state index contributed by atoms with van der Waals surface area (Å²) < 4.78 is 11.9. The first-order valence-electron chi connectivity index (χ1n) is 10.8. The lowest BCUT2D eigenvalue weighted by atomic mass is 10.1. The molecule has 0 aliphatic rings. The molecule has 1 aromatic heterocycles. The molecule has 0 radical (unpaired) electrons. The number of nitrogens with zero attached hydrogens (tertiary/aromatic N) is 1. The molecule has 35 heavy (non-hydrogen) atoms. The van der Waals surface area contributed by atoms with E-state index in [1.807, 2.05) is 66.1 Å². The maximum absolute atomic E-state index is 13.1. The lowest BCUT2D eigenvalue weighted by Gasteiger charge is -2.13. The van der Waals surface area contributed by atoms with Gasteiger partial charge in [-0.15, -0.1) is 0 Å². The number of nitrogens with one attached hydrogen (secondary N) is 3. The van der Waals surface area contributed by atoms with Crippen molar-refractivity contribution < 1.29 is 19.5 Å². The van der Waals surface area contributed by atoms with Crippen LogP contribution < -0.4 is 20.3 Å². The monoisotopic (exact) mass is 468 g/mol. The van der Waals surface area contributed by atoms with Crippen LogP contribution in [0, 0.1) is 5.41 Å². The first kappa shape index (κ1) is 23.5. The number of rotatable bonds is 10. The highest BCUT2D eigenvalue weighted by Gasteiger charge is 2.14. The van der Waals surface area contributed by atoms with E-state index in [0.29, 0.717) is 41.5 Å². The van der Waals surface area contributed by atoms with Gasteiger partial charge in [0.05, 0.1) is 11.9 Å². The third kappa shape index (κ3) is 6.43. The molecule has 1 heterocycles. The predicted molar refractivity (Wildman–Crippen MR) is 133 cm³/mol. The molecule has 176 valence electrons. The van der Waals surface area contributed by atoms with Crippen molar-refractivity contribution in [3.63, 3.8) is 0 Å². The molecule has 0 bridgehead atoms. The Morgan fingerprint density at radius 2 is 1.46 bits per heavy atom. The van der Waals surface area contributed by atoms with Crippen LogP contribution in [0.3, 0.4) is 0 Å². The molecule has 8 nitrogen and oxygen atoms in total. The third-order valence-corrected chi connectivity index (χ3v) is 5.07. The van der Waals surface area contributed by atoms with Crippen LogP contribution in [0.1, 0.15) is 27.0 Å². The Balaban J connectivity index is 1.57. The highest BCUT2D eigenvalue weighted by atomic mass is 16.5. The maximum Gasteiger partial charge on any atom is 0.257 e. The molecular weight excluding hydrogens is 444 g/mol. The minimum atomic E-state index is -0.444. The van der Waals surface area contributed by atoms with E-state index in [-0.39, 0.29) is 5.82 Å². The van der Waals surface area contributed by atoms with E-state index >= 15 is 0 Å². The molecule has 0 spiro atoms. The van der Waals surface area contributed by atoms with Crippen LogP contribution in [0.25, 0.3) is 0 Å². The molecule has 3 aromatic carbocycles. The molecule has 0 fully saturated rings. The van der Waals surface area contributed by atoms with Gasteiger partial charge in [0.15, 0.2) is 0 Å². The number of hydrogen-bond donors (Lipinski definition) is 4. The van der Waals surface area contributed by atoms with Crippen molar-refractivity contribution in [3.8, 4) is 11.5 Å². The number of pyridine rings is 1. The summed E-state index contributed by atoms with van der Waals surface area (Å²) in [6.45, 7) is 0.665. The molecule has 4 N–H and O–H groups in total. The van der Waals surface area contributed by atoms with E-state index in [0.717, 1.165) is 17.3 Å². The highest BCUT2D eigenvalue weighted by Crippen LogP contribution is 2.26. The fourth-order valence-corrected chi connectivity index (χ4v) is 3.29. The Hall–Kier alpha value is -4.69.